The fourth-order valence-electron chi connectivity index (χ4n) is 14.5. The molecule has 0 unspecified atom stereocenters. The van der Waals surface area contributed by atoms with Gasteiger partial charge >= 0.3 is 37.3 Å². The number of ether oxygens (including phenoxy) is 1. The number of nitroso groups, excluding NO2 is 1. The molecular formula is C111H142Cl3LiN18O9. The number of pyridine rings is 3. The van der Waals surface area contributed by atoms with Crippen LogP contribution in [0.3, 0.4) is 0 Å². The molecule has 9 N–H and O–H groups in total. The van der Waals surface area contributed by atoms with E-state index in [0.717, 1.165) is 139 Å². The number of para-hydroxylation sites is 1. The zero-order valence-electron chi connectivity index (χ0n) is 83.6. The predicted molar refractivity (Wildman–Crippen MR) is 567 cm³/mol. The number of halogens is 3. The number of hydrogen-bond acceptors (Lipinski definition) is 23. The summed E-state index contributed by atoms with van der Waals surface area (Å²) < 4.78 is 5.59. The van der Waals surface area contributed by atoms with Gasteiger partial charge in [0, 0.05) is 134 Å². The molecule has 11 rings (SSSR count). The number of hydrogen-bond donors (Lipinski definition) is 6. The summed E-state index contributed by atoms with van der Waals surface area (Å²) in [6, 6.07) is 71.1. The van der Waals surface area contributed by atoms with Crippen LogP contribution < -0.4 is 56.3 Å². The molecule has 3 heterocycles. The van der Waals surface area contributed by atoms with Crippen LogP contribution >= 0.6 is 34.8 Å². The largest absolute Gasteiger partial charge is 1.00 e. The molecule has 0 atom stereocenters. The molecule has 0 bridgehead atoms. The Hall–Kier alpha value is -13.0. The van der Waals surface area contributed by atoms with E-state index in [1.807, 2.05) is 141 Å². The van der Waals surface area contributed by atoms with E-state index in [9.17, 15) is 0 Å². The third-order valence-electron chi connectivity index (χ3n) is 22.7. The van der Waals surface area contributed by atoms with Crippen molar-refractivity contribution in [1.82, 2.24) is 50.9 Å². The monoisotopic (exact) mass is 1980 g/mol. The van der Waals surface area contributed by atoms with Crippen molar-refractivity contribution in [2.75, 3.05) is 58.9 Å². The van der Waals surface area contributed by atoms with Gasteiger partial charge in [-0.05, 0) is 308 Å². The Bertz CT molecular complexity index is 5690. The molecule has 0 spiro atoms. The number of carbonyl (C=O) groups excluding carboxylic acids is 6. The van der Waals surface area contributed by atoms with E-state index in [1.54, 1.807) is 5.18 Å². The first-order valence-electron chi connectivity index (χ1n) is 45.6. The molecule has 0 saturated heterocycles. The molecule has 11 aromatic rings. The first-order valence-corrected chi connectivity index (χ1v) is 46.8. The van der Waals surface area contributed by atoms with Crippen LogP contribution in [-0.2, 0) is 71.6 Å². The zero-order chi connectivity index (χ0) is 102. The van der Waals surface area contributed by atoms with E-state index >= 15 is 0 Å². The number of unbranched alkanes of at least 4 members (excludes halogenated alkanes) is 2. The van der Waals surface area contributed by atoms with Crippen LogP contribution in [0.2, 0.25) is 15.1 Å². The van der Waals surface area contributed by atoms with Crippen LogP contribution in [0.4, 0.5) is 0 Å². The molecule has 0 fully saturated rings. The standard InChI is InChI=1S/C32H41ClN6.C30H37ClN6.C26H32ClN3.C13H12O.C4H11N.CN2O.3CO2.2CH4.Li.H2O/c1-6-7-16-36-31(38-23-34)37-17-10-19-39(22-27-12-9-14-30(33)25(27)3)32(4,5)28-13-8-11-26(20-28)29-15-18-35-21-24(29)2;1-6-34-29(36-21-32)35-15-9-17-37(20-25-11-8-13-28(31)23(25)3)30(4,5)26-12-7-10-24(18-26)27-14-16-33-19-22(27)2;1-19-17-29-14-12-24(19)21-8-5-10-23(16-21)26(3,4)30(15-7-13-28)18-22-9-6-11-25(27)20(22)2;1-3-7-12(8-4-1)11-14-13-9-5-2-6-10-13;1-2-3-4-5;2-1-3-4;3*2-1-3;;;;/h8-9,11-15,18,20-21H,6-7,10,16-17,19,22H2,1-5H3,(H2,36,37,38);7-8,10-14,16,18-19H,6,9,15,17,20H2,1-5H3,(H2,34,35,36);5-6,8-12,14,16-17H,7,13,15,18,28H2,1-4H3;1-10H,11H2;2-5H2,1H3;;;;;2*1H4;;1H2/q;;;;;;;;;;;+1;/p-1. The molecule has 0 radical (unpaired) electrons. The van der Waals surface area contributed by atoms with Crippen LogP contribution in [0.15, 0.2) is 259 Å². The number of benzene rings is 8. The number of rotatable bonds is 35. The molecule has 752 valence electrons. The SMILES string of the molecule is C.C.CCCCN.CCCCNC(=NCCCN(Cc1cccc(Cl)c1C)C(C)(C)c1cccc(-c2ccncc2C)c1)NC#N.CCNC(=NCCCN(Cc1cccc(Cl)c1C)C(C)(C)c1cccc(-c2ccncc2C)c1)NC#N.Cc1cnccc1-c1cccc(C(C)(C)N(CCCN)Cc2cccc(Cl)c2C)c1.N#CN=O.O=C=O.O=C=O.O=C=O.[Li+].[OH-].c1ccc(COc2ccccc2)cc1. The van der Waals surface area contributed by atoms with Crippen molar-refractivity contribution in [3.8, 4) is 57.7 Å². The summed E-state index contributed by atoms with van der Waals surface area (Å²) in [4.78, 5) is 86.7. The zero-order valence-corrected chi connectivity index (χ0v) is 85.9. The maximum Gasteiger partial charge on any atom is 1.00 e. The van der Waals surface area contributed by atoms with Crippen LogP contribution in [0.25, 0.3) is 33.4 Å². The van der Waals surface area contributed by atoms with E-state index in [2.05, 4.69) is 279 Å². The molecule has 0 aliphatic carbocycles. The van der Waals surface area contributed by atoms with Gasteiger partial charge in [0.2, 0.25) is 18.1 Å². The van der Waals surface area contributed by atoms with Crippen LogP contribution in [0, 0.1) is 80.8 Å². The normalized spacial score (nSPS) is 10.4. The van der Waals surface area contributed by atoms with Crippen molar-refractivity contribution in [3.05, 3.63) is 336 Å². The van der Waals surface area contributed by atoms with Crippen molar-refractivity contribution < 1.29 is 57.8 Å². The van der Waals surface area contributed by atoms with Crippen molar-refractivity contribution in [3.63, 3.8) is 0 Å². The van der Waals surface area contributed by atoms with Gasteiger partial charge < -0.3 is 32.3 Å². The second kappa shape index (κ2) is 74.9. The minimum absolute atomic E-state index is 0. The van der Waals surface area contributed by atoms with Crippen LogP contribution in [-0.4, -0.2) is 124 Å². The Morgan fingerprint density at radius 3 is 1.05 bits per heavy atom. The average Bonchev–Trinajstić information content (AvgIpc) is 0.795. The summed E-state index contributed by atoms with van der Waals surface area (Å²) in [5.41, 5.74) is 33.0. The molecule has 27 nitrogen and oxygen atoms in total. The smallest absolute Gasteiger partial charge is 0.870 e. The number of aliphatic imine (C=N–C) groups is 2. The fourth-order valence-corrected chi connectivity index (χ4v) is 15.1. The third-order valence-corrected chi connectivity index (χ3v) is 24.0. The average molecular weight is 1990 g/mol. The van der Waals surface area contributed by atoms with Crippen molar-refractivity contribution in [2.45, 2.75) is 207 Å². The number of nitrogens with two attached hydrogens (primary N) is 2. The van der Waals surface area contributed by atoms with Gasteiger partial charge in [-0.1, -0.05) is 216 Å². The van der Waals surface area contributed by atoms with E-state index < -0.39 is 0 Å². The van der Waals surface area contributed by atoms with E-state index in [0.29, 0.717) is 44.7 Å². The number of aromatic nitrogens is 3. The minimum Gasteiger partial charge on any atom is -0.870 e. The van der Waals surface area contributed by atoms with Gasteiger partial charge in [0.1, 0.15) is 12.4 Å². The van der Waals surface area contributed by atoms with Gasteiger partial charge in [0.25, 0.3) is 0 Å². The third kappa shape index (κ3) is 46.6. The van der Waals surface area contributed by atoms with Crippen molar-refractivity contribution in [2.24, 2.45) is 26.6 Å². The Kier molecular flexibility index (Phi) is 69.1. The Balaban J connectivity index is 0. The topological polar surface area (TPSA) is 416 Å². The predicted octanol–water partition coefficient (Wildman–Crippen LogP) is 19.8. The minimum atomic E-state index is -0.261. The van der Waals surface area contributed by atoms with Crippen molar-refractivity contribution in [1.29, 1.82) is 15.8 Å². The number of nitrogens with one attached hydrogen (secondary N) is 4. The molecule has 142 heavy (non-hydrogen) atoms. The molecular weight excluding hydrogens is 1840 g/mol. The molecule has 0 aliphatic heterocycles. The molecule has 3 aromatic heterocycles. The maximum absolute atomic E-state index is 9.10. The van der Waals surface area contributed by atoms with Gasteiger partial charge in [-0.15, -0.1) is 4.91 Å². The second-order valence-electron chi connectivity index (χ2n) is 33.1. The van der Waals surface area contributed by atoms with Gasteiger partial charge in [0.15, 0.2) is 12.4 Å². The molecule has 0 saturated carbocycles. The Labute approximate surface area is 869 Å². The van der Waals surface area contributed by atoms with Gasteiger partial charge in [0.05, 0.1) is 5.18 Å². The van der Waals surface area contributed by atoms with Crippen LogP contribution in [0.5, 0.6) is 5.75 Å². The summed E-state index contributed by atoms with van der Waals surface area (Å²) in [6.45, 7) is 42.3. The first-order chi connectivity index (χ1) is 66.4. The molecule has 8 aromatic carbocycles. The fraction of sp³-hybridized carbons (Fsp3) is 0.360. The number of nitrogens with zero attached hydrogens (tertiary/aromatic N) is 12. The molecule has 0 amide bonds. The van der Waals surface area contributed by atoms with E-state index in [-0.39, 0.29) is 74.3 Å². The van der Waals surface area contributed by atoms with E-state index in [1.165, 1.54) is 90.7 Å². The number of nitriles is 3. The Morgan fingerprint density at radius 1 is 0.437 bits per heavy atom. The number of guanidine groups is 2. The summed E-state index contributed by atoms with van der Waals surface area (Å²) in [7, 11) is 0. The van der Waals surface area contributed by atoms with Gasteiger partial charge in [-0.3, -0.25) is 50.3 Å². The Morgan fingerprint density at radius 2 is 0.754 bits per heavy atom. The van der Waals surface area contributed by atoms with E-state index in [4.69, 9.17) is 100 Å². The van der Waals surface area contributed by atoms with Crippen LogP contribution in [0.1, 0.15) is 194 Å². The summed E-state index contributed by atoms with van der Waals surface area (Å²) >= 11 is 19.4. The summed E-state index contributed by atoms with van der Waals surface area (Å²) in [5.74, 6) is 1.97. The summed E-state index contributed by atoms with van der Waals surface area (Å²) in [6.07, 6.45) is 24.1. The molecule has 31 heteroatoms. The van der Waals surface area contributed by atoms with Gasteiger partial charge in [-0.2, -0.15) is 44.6 Å². The van der Waals surface area contributed by atoms with Gasteiger partial charge in [-0.25, -0.2) is 0 Å². The number of aryl methyl sites for hydroxylation is 3. The second-order valence-corrected chi connectivity index (χ2v) is 34.3. The summed E-state index contributed by atoms with van der Waals surface area (Å²) in [5, 5.41) is 41.0. The van der Waals surface area contributed by atoms with Crippen molar-refractivity contribution >= 4 is 65.2 Å². The molecule has 0 aliphatic rings. The quantitative estimate of drug-likeness (QED) is 0.00408. The first kappa shape index (κ1) is 131. The maximum atomic E-state index is 9.10.